The molecule has 6 heteroatoms. The number of carbonyl (C=O) groups excluding carboxylic acids is 1. The van der Waals surface area contributed by atoms with Crippen molar-refractivity contribution in [2.24, 2.45) is 0 Å². The van der Waals surface area contributed by atoms with Gasteiger partial charge in [-0.2, -0.15) is 5.26 Å². The Kier molecular flexibility index (Phi) is 4.81. The number of benzene rings is 2. The third-order valence-electron chi connectivity index (χ3n) is 3.04. The predicted octanol–water partition coefficient (Wildman–Crippen LogP) is 2.30. The highest BCUT2D eigenvalue weighted by atomic mass is 19.2. The van der Waals surface area contributed by atoms with Crippen LogP contribution in [-0.4, -0.2) is 17.6 Å². The van der Waals surface area contributed by atoms with Gasteiger partial charge in [0.2, 0.25) is 0 Å². The highest BCUT2D eigenvalue weighted by Crippen LogP contribution is 2.16. The first-order chi connectivity index (χ1) is 10.5. The molecule has 0 saturated carbocycles. The van der Waals surface area contributed by atoms with Crippen LogP contribution in [0.4, 0.5) is 8.78 Å². The summed E-state index contributed by atoms with van der Waals surface area (Å²) >= 11 is 0. The first kappa shape index (κ1) is 15.6. The summed E-state index contributed by atoms with van der Waals surface area (Å²) in [6.45, 7) is -0.166. The van der Waals surface area contributed by atoms with Gasteiger partial charge in [-0.25, -0.2) is 8.78 Å². The van der Waals surface area contributed by atoms with Gasteiger partial charge in [0.25, 0.3) is 5.91 Å². The van der Waals surface area contributed by atoms with Crippen LogP contribution in [0.15, 0.2) is 42.5 Å². The Morgan fingerprint density at radius 3 is 2.68 bits per heavy atom. The fourth-order valence-electron chi connectivity index (χ4n) is 1.86. The van der Waals surface area contributed by atoms with E-state index in [1.54, 1.807) is 12.1 Å². The van der Waals surface area contributed by atoms with Crippen LogP contribution in [0.5, 0.6) is 0 Å². The minimum Gasteiger partial charge on any atom is -0.387 e. The topological polar surface area (TPSA) is 73.1 Å². The molecule has 112 valence electrons. The number of amides is 1. The summed E-state index contributed by atoms with van der Waals surface area (Å²) in [6.07, 6.45) is -1.17. The fraction of sp³-hybridized carbons (Fsp3) is 0.125. The van der Waals surface area contributed by atoms with Gasteiger partial charge in [-0.15, -0.1) is 0 Å². The number of nitrogens with zero attached hydrogens (tertiary/aromatic N) is 1. The third kappa shape index (κ3) is 3.65. The molecule has 2 rings (SSSR count). The number of carbonyl (C=O) groups is 1. The van der Waals surface area contributed by atoms with Gasteiger partial charge >= 0.3 is 0 Å². The molecule has 0 aliphatic heterocycles. The number of nitriles is 1. The van der Waals surface area contributed by atoms with Crippen LogP contribution < -0.4 is 5.32 Å². The van der Waals surface area contributed by atoms with Crippen LogP contribution >= 0.6 is 0 Å². The van der Waals surface area contributed by atoms with E-state index in [4.69, 9.17) is 5.26 Å². The van der Waals surface area contributed by atoms with E-state index in [1.165, 1.54) is 18.2 Å². The van der Waals surface area contributed by atoms with Crippen molar-refractivity contribution >= 4 is 5.91 Å². The van der Waals surface area contributed by atoms with Gasteiger partial charge in [0.1, 0.15) is 0 Å². The smallest absolute Gasteiger partial charge is 0.251 e. The average Bonchev–Trinajstić information content (AvgIpc) is 2.54. The molecule has 2 N–H and O–H groups in total. The van der Waals surface area contributed by atoms with Gasteiger partial charge in [0, 0.05) is 12.1 Å². The van der Waals surface area contributed by atoms with Crippen molar-refractivity contribution in [2.45, 2.75) is 6.10 Å². The SMILES string of the molecule is N#Cc1cccc(C(=O)NCC(O)c2ccc(F)c(F)c2)c1. The zero-order valence-electron chi connectivity index (χ0n) is 11.4. The first-order valence-corrected chi connectivity index (χ1v) is 6.42. The summed E-state index contributed by atoms with van der Waals surface area (Å²) in [5.41, 5.74) is 0.773. The highest BCUT2D eigenvalue weighted by molar-refractivity contribution is 5.94. The van der Waals surface area contributed by atoms with Gasteiger partial charge in [0.15, 0.2) is 11.6 Å². The third-order valence-corrected chi connectivity index (χ3v) is 3.04. The molecule has 2 aromatic carbocycles. The van der Waals surface area contributed by atoms with E-state index in [0.29, 0.717) is 5.56 Å². The molecule has 0 aliphatic rings. The molecular formula is C16H12F2N2O2. The Balaban J connectivity index is 2.01. The minimum absolute atomic E-state index is 0.157. The molecule has 1 unspecified atom stereocenters. The lowest BCUT2D eigenvalue weighted by Gasteiger charge is -2.12. The van der Waals surface area contributed by atoms with E-state index < -0.39 is 23.6 Å². The molecule has 2 aromatic rings. The molecular weight excluding hydrogens is 290 g/mol. The Hall–Kier alpha value is -2.78. The number of aliphatic hydroxyl groups is 1. The number of hydrogen-bond donors (Lipinski definition) is 2. The normalized spacial score (nSPS) is 11.5. The largest absolute Gasteiger partial charge is 0.387 e. The summed E-state index contributed by atoms with van der Waals surface area (Å²) in [6, 6.07) is 11.0. The van der Waals surface area contributed by atoms with E-state index in [9.17, 15) is 18.7 Å². The van der Waals surface area contributed by atoms with Gasteiger partial charge in [0.05, 0.1) is 17.7 Å². The van der Waals surface area contributed by atoms with Gasteiger partial charge in [-0.3, -0.25) is 4.79 Å². The Labute approximate surface area is 125 Å². The van der Waals surface area contributed by atoms with Crippen LogP contribution in [0, 0.1) is 23.0 Å². The maximum atomic E-state index is 13.1. The summed E-state index contributed by atoms with van der Waals surface area (Å²) in [5, 5.41) is 21.1. The lowest BCUT2D eigenvalue weighted by atomic mass is 10.1. The van der Waals surface area contributed by atoms with Crippen molar-refractivity contribution in [3.63, 3.8) is 0 Å². The lowest BCUT2D eigenvalue weighted by Crippen LogP contribution is -2.28. The number of rotatable bonds is 4. The molecule has 0 heterocycles. The zero-order chi connectivity index (χ0) is 16.1. The quantitative estimate of drug-likeness (QED) is 0.910. The summed E-state index contributed by atoms with van der Waals surface area (Å²) < 4.78 is 25.9. The molecule has 0 saturated heterocycles. The molecule has 0 radical (unpaired) electrons. The van der Waals surface area contributed by atoms with Crippen molar-refractivity contribution in [2.75, 3.05) is 6.54 Å². The molecule has 22 heavy (non-hydrogen) atoms. The Morgan fingerprint density at radius 1 is 1.23 bits per heavy atom. The van der Waals surface area contributed by atoms with Crippen LogP contribution in [0.3, 0.4) is 0 Å². The fourth-order valence-corrected chi connectivity index (χ4v) is 1.86. The first-order valence-electron chi connectivity index (χ1n) is 6.42. The van der Waals surface area contributed by atoms with Crippen molar-refractivity contribution < 1.29 is 18.7 Å². The van der Waals surface area contributed by atoms with E-state index in [1.807, 2.05) is 6.07 Å². The number of aliphatic hydroxyl groups excluding tert-OH is 1. The van der Waals surface area contributed by atoms with Crippen LogP contribution in [0.1, 0.15) is 27.6 Å². The number of hydrogen-bond acceptors (Lipinski definition) is 3. The average molecular weight is 302 g/mol. The van der Waals surface area contributed by atoms with Crippen LogP contribution in [0.2, 0.25) is 0 Å². The second-order valence-electron chi connectivity index (χ2n) is 4.59. The van der Waals surface area contributed by atoms with E-state index >= 15 is 0 Å². The van der Waals surface area contributed by atoms with Crippen molar-refractivity contribution in [3.8, 4) is 6.07 Å². The zero-order valence-corrected chi connectivity index (χ0v) is 11.4. The molecule has 0 spiro atoms. The molecule has 4 nitrogen and oxygen atoms in total. The predicted molar refractivity (Wildman–Crippen MR) is 74.8 cm³/mol. The second kappa shape index (κ2) is 6.78. The van der Waals surface area contributed by atoms with Crippen LogP contribution in [-0.2, 0) is 0 Å². The summed E-state index contributed by atoms with van der Waals surface area (Å²) in [7, 11) is 0. The second-order valence-corrected chi connectivity index (χ2v) is 4.59. The maximum absolute atomic E-state index is 13.1. The van der Waals surface area contributed by atoms with Crippen LogP contribution in [0.25, 0.3) is 0 Å². The van der Waals surface area contributed by atoms with Crippen molar-refractivity contribution in [1.82, 2.24) is 5.32 Å². The summed E-state index contributed by atoms with van der Waals surface area (Å²) in [4.78, 5) is 11.9. The van der Waals surface area contributed by atoms with E-state index in [-0.39, 0.29) is 17.7 Å². The van der Waals surface area contributed by atoms with Gasteiger partial charge < -0.3 is 10.4 Å². The Morgan fingerprint density at radius 2 is 2.00 bits per heavy atom. The van der Waals surface area contributed by atoms with Gasteiger partial charge in [-0.1, -0.05) is 12.1 Å². The lowest BCUT2D eigenvalue weighted by molar-refractivity contribution is 0.0916. The standard InChI is InChI=1S/C16H12F2N2O2/c17-13-5-4-11(7-14(13)18)15(21)9-20-16(22)12-3-1-2-10(6-12)8-19/h1-7,15,21H,9H2,(H,20,22). The number of nitrogens with one attached hydrogen (secondary N) is 1. The highest BCUT2D eigenvalue weighted by Gasteiger charge is 2.13. The minimum atomic E-state index is -1.17. The van der Waals surface area contributed by atoms with Crippen molar-refractivity contribution in [1.29, 1.82) is 5.26 Å². The van der Waals surface area contributed by atoms with Gasteiger partial charge in [-0.05, 0) is 35.9 Å². The number of halogens is 2. The molecule has 0 aliphatic carbocycles. The van der Waals surface area contributed by atoms with E-state index in [0.717, 1.165) is 12.1 Å². The molecule has 1 atom stereocenters. The Bertz CT molecular complexity index is 741. The molecule has 0 fully saturated rings. The summed E-state index contributed by atoms with van der Waals surface area (Å²) in [5.74, 6) is -2.54. The van der Waals surface area contributed by atoms with Crippen molar-refractivity contribution in [3.05, 3.63) is 70.8 Å². The van der Waals surface area contributed by atoms with E-state index in [2.05, 4.69) is 5.32 Å². The molecule has 0 bridgehead atoms. The maximum Gasteiger partial charge on any atom is 0.251 e. The monoisotopic (exact) mass is 302 g/mol. The molecule has 0 aromatic heterocycles. The molecule has 1 amide bonds.